The van der Waals surface area contributed by atoms with Crippen molar-refractivity contribution in [3.05, 3.63) is 50.0 Å². The predicted octanol–water partition coefficient (Wildman–Crippen LogP) is 3.89. The molecule has 3 rings (SSSR count). The van der Waals surface area contributed by atoms with Gasteiger partial charge < -0.3 is 4.90 Å². The number of aryl methyl sites for hydroxylation is 2. The Morgan fingerprint density at radius 1 is 1.25 bits per heavy atom. The Bertz CT molecular complexity index is 794. The molecule has 0 aliphatic carbocycles. The third kappa shape index (κ3) is 3.17. The van der Waals surface area contributed by atoms with Crippen molar-refractivity contribution in [2.24, 2.45) is 0 Å². The average Bonchev–Trinajstić information content (AvgIpc) is 2.97. The van der Waals surface area contributed by atoms with Gasteiger partial charge in [-0.2, -0.15) is 0 Å². The highest BCUT2D eigenvalue weighted by Gasteiger charge is 2.23. The number of ketones is 1. The van der Waals surface area contributed by atoms with Gasteiger partial charge in [-0.15, -0.1) is 0 Å². The van der Waals surface area contributed by atoms with Crippen molar-refractivity contribution >= 4 is 27.9 Å². The van der Waals surface area contributed by atoms with Gasteiger partial charge in [-0.3, -0.25) is 14.9 Å². The van der Waals surface area contributed by atoms with Gasteiger partial charge in [0.2, 0.25) is 5.78 Å². The number of nitro benzene ring substituents is 1. The summed E-state index contributed by atoms with van der Waals surface area (Å²) in [5.41, 5.74) is 1.55. The molecule has 0 spiro atoms. The van der Waals surface area contributed by atoms with Crippen molar-refractivity contribution < 1.29 is 9.72 Å². The Kier molecular flexibility index (Phi) is 4.62. The smallest absolute Gasteiger partial charge is 0.273 e. The van der Waals surface area contributed by atoms with Crippen LogP contribution >= 0.6 is 11.3 Å². The topological polar surface area (TPSA) is 76.3 Å². The van der Waals surface area contributed by atoms with E-state index in [9.17, 15) is 14.9 Å². The second-order valence-corrected chi connectivity index (χ2v) is 7.02. The highest BCUT2D eigenvalue weighted by Crippen LogP contribution is 2.31. The number of hydrogen-bond acceptors (Lipinski definition) is 6. The van der Waals surface area contributed by atoms with E-state index in [0.29, 0.717) is 21.7 Å². The molecule has 0 amide bonds. The quantitative estimate of drug-likeness (QED) is 0.477. The second kappa shape index (κ2) is 6.68. The van der Waals surface area contributed by atoms with Gasteiger partial charge in [0.15, 0.2) is 5.13 Å². The summed E-state index contributed by atoms with van der Waals surface area (Å²) in [7, 11) is 0. The lowest BCUT2D eigenvalue weighted by atomic mass is 10.1. The molecule has 2 aromatic rings. The number of anilines is 1. The molecule has 126 valence electrons. The number of carbonyl (C=O) groups is 1. The molecule has 1 saturated heterocycles. The number of benzene rings is 1. The van der Waals surface area contributed by atoms with Crippen LogP contribution in [0.5, 0.6) is 0 Å². The van der Waals surface area contributed by atoms with E-state index >= 15 is 0 Å². The lowest BCUT2D eigenvalue weighted by Gasteiger charge is -2.25. The normalized spacial score (nSPS) is 14.7. The van der Waals surface area contributed by atoms with Crippen LogP contribution in [0.4, 0.5) is 10.8 Å². The maximum Gasteiger partial charge on any atom is 0.273 e. The number of hydrogen-bond donors (Lipinski definition) is 0. The Balaban J connectivity index is 1.91. The largest absolute Gasteiger partial charge is 0.348 e. The molecule has 24 heavy (non-hydrogen) atoms. The first-order chi connectivity index (χ1) is 11.5. The molecule has 1 aliphatic heterocycles. The minimum absolute atomic E-state index is 0.0285. The van der Waals surface area contributed by atoms with Gasteiger partial charge in [-0.05, 0) is 33.1 Å². The van der Waals surface area contributed by atoms with Crippen LogP contribution in [0.1, 0.15) is 45.8 Å². The van der Waals surface area contributed by atoms with E-state index in [1.165, 1.54) is 23.8 Å². The summed E-state index contributed by atoms with van der Waals surface area (Å²) in [5.74, 6) is -0.198. The summed E-state index contributed by atoms with van der Waals surface area (Å²) >= 11 is 1.38. The monoisotopic (exact) mass is 345 g/mol. The highest BCUT2D eigenvalue weighted by atomic mass is 32.1. The summed E-state index contributed by atoms with van der Waals surface area (Å²) in [5, 5.41) is 12.0. The van der Waals surface area contributed by atoms with Crippen molar-refractivity contribution in [2.45, 2.75) is 33.1 Å². The first kappa shape index (κ1) is 16.6. The van der Waals surface area contributed by atoms with Crippen LogP contribution in [0.15, 0.2) is 18.2 Å². The average molecular weight is 345 g/mol. The van der Waals surface area contributed by atoms with Crippen LogP contribution in [-0.2, 0) is 0 Å². The van der Waals surface area contributed by atoms with Crippen molar-refractivity contribution in [1.82, 2.24) is 4.98 Å². The first-order valence-electron chi connectivity index (χ1n) is 7.99. The summed E-state index contributed by atoms with van der Waals surface area (Å²) in [6.45, 7) is 5.42. The van der Waals surface area contributed by atoms with Crippen LogP contribution in [0.2, 0.25) is 0 Å². The van der Waals surface area contributed by atoms with Crippen LogP contribution < -0.4 is 4.90 Å². The zero-order valence-electron chi connectivity index (χ0n) is 13.7. The zero-order chi connectivity index (χ0) is 17.3. The van der Waals surface area contributed by atoms with Crippen LogP contribution in [0, 0.1) is 24.0 Å². The molecule has 0 atom stereocenters. The molecule has 0 radical (unpaired) electrons. The number of rotatable bonds is 4. The van der Waals surface area contributed by atoms with Gasteiger partial charge in [-0.25, -0.2) is 4.98 Å². The third-order valence-electron chi connectivity index (χ3n) is 4.29. The Labute approximate surface area is 144 Å². The molecule has 0 saturated carbocycles. The van der Waals surface area contributed by atoms with E-state index in [4.69, 9.17) is 0 Å². The summed E-state index contributed by atoms with van der Waals surface area (Å²) in [6.07, 6.45) is 3.53. The standard InChI is InChI=1S/C17H19N3O3S/c1-11-6-7-13(10-14(11)20(22)23)15(21)16-12(2)18-17(24-16)19-8-4-3-5-9-19/h6-7,10H,3-5,8-9H2,1-2H3. The number of thiazole rings is 1. The van der Waals surface area contributed by atoms with Crippen molar-refractivity contribution in [3.8, 4) is 0 Å². The van der Waals surface area contributed by atoms with Gasteiger partial charge >= 0.3 is 0 Å². The fraction of sp³-hybridized carbons (Fsp3) is 0.412. The molecule has 1 aromatic carbocycles. The first-order valence-corrected chi connectivity index (χ1v) is 8.81. The molecule has 7 heteroatoms. The molecule has 0 bridgehead atoms. The Hall–Kier alpha value is -2.28. The van der Waals surface area contributed by atoms with E-state index in [1.54, 1.807) is 19.1 Å². The third-order valence-corrected chi connectivity index (χ3v) is 5.50. The molecular weight excluding hydrogens is 326 g/mol. The van der Waals surface area contributed by atoms with Crippen LogP contribution in [0.25, 0.3) is 0 Å². The lowest BCUT2D eigenvalue weighted by molar-refractivity contribution is -0.385. The summed E-state index contributed by atoms with van der Waals surface area (Å²) < 4.78 is 0. The van der Waals surface area contributed by atoms with Crippen LogP contribution in [0.3, 0.4) is 0 Å². The number of nitro groups is 1. The van der Waals surface area contributed by atoms with E-state index < -0.39 is 4.92 Å². The van der Waals surface area contributed by atoms with Crippen LogP contribution in [-0.4, -0.2) is 28.8 Å². The number of nitrogens with zero attached hydrogens (tertiary/aromatic N) is 3. The van der Waals surface area contributed by atoms with Gasteiger partial charge in [0, 0.05) is 30.3 Å². The second-order valence-electron chi connectivity index (χ2n) is 6.05. The van der Waals surface area contributed by atoms with Crippen molar-refractivity contribution in [3.63, 3.8) is 0 Å². The molecule has 1 aliphatic rings. The molecule has 0 unspecified atom stereocenters. The number of aromatic nitrogens is 1. The maximum atomic E-state index is 12.8. The minimum Gasteiger partial charge on any atom is -0.348 e. The van der Waals surface area contributed by atoms with E-state index in [0.717, 1.165) is 31.1 Å². The molecule has 1 fully saturated rings. The van der Waals surface area contributed by atoms with Crippen molar-refractivity contribution in [1.29, 1.82) is 0 Å². The van der Waals surface area contributed by atoms with Crippen molar-refractivity contribution in [2.75, 3.05) is 18.0 Å². The molecular formula is C17H19N3O3S. The summed E-state index contributed by atoms with van der Waals surface area (Å²) in [4.78, 5) is 30.7. The SMILES string of the molecule is Cc1ccc(C(=O)c2sc(N3CCCCC3)nc2C)cc1[N+](=O)[O-]. The summed E-state index contributed by atoms with van der Waals surface area (Å²) in [6, 6.07) is 4.62. The fourth-order valence-corrected chi connectivity index (χ4v) is 3.97. The minimum atomic E-state index is -0.454. The fourth-order valence-electron chi connectivity index (χ4n) is 2.89. The molecule has 2 heterocycles. The molecule has 6 nitrogen and oxygen atoms in total. The Morgan fingerprint density at radius 2 is 1.96 bits per heavy atom. The van der Waals surface area contributed by atoms with E-state index in [1.807, 2.05) is 6.92 Å². The van der Waals surface area contributed by atoms with E-state index in [2.05, 4.69) is 9.88 Å². The predicted molar refractivity (Wildman–Crippen MR) is 94.2 cm³/mol. The number of piperidine rings is 1. The van der Waals surface area contributed by atoms with E-state index in [-0.39, 0.29) is 11.5 Å². The number of carbonyl (C=O) groups excluding carboxylic acids is 1. The van der Waals surface area contributed by atoms with Gasteiger partial charge in [0.1, 0.15) is 0 Å². The molecule has 1 aromatic heterocycles. The lowest BCUT2D eigenvalue weighted by Crippen LogP contribution is -2.29. The Morgan fingerprint density at radius 3 is 2.62 bits per heavy atom. The zero-order valence-corrected chi connectivity index (χ0v) is 14.6. The van der Waals surface area contributed by atoms with Gasteiger partial charge in [-0.1, -0.05) is 23.5 Å². The highest BCUT2D eigenvalue weighted by molar-refractivity contribution is 7.17. The maximum absolute atomic E-state index is 12.8. The van der Waals surface area contributed by atoms with Gasteiger partial charge in [0.05, 0.1) is 15.5 Å². The molecule has 0 N–H and O–H groups in total. The van der Waals surface area contributed by atoms with Gasteiger partial charge in [0.25, 0.3) is 5.69 Å².